The maximum Gasteiger partial charge on any atom is 0.416 e. The first-order valence-corrected chi connectivity index (χ1v) is 6.58. The molecule has 0 radical (unpaired) electrons. The van der Waals surface area contributed by atoms with Gasteiger partial charge in [0.1, 0.15) is 10.8 Å². The van der Waals surface area contributed by atoms with Crippen molar-refractivity contribution in [2.24, 2.45) is 0 Å². The average molecular weight is 300 g/mol. The molecule has 0 aliphatic heterocycles. The Balaban J connectivity index is 2.34. The normalized spacial score (nSPS) is 11.4. The first-order valence-electron chi connectivity index (χ1n) is 5.77. The number of pyridine rings is 1. The third kappa shape index (κ3) is 3.83. The molecule has 0 atom stereocenters. The maximum absolute atomic E-state index is 12.8. The van der Waals surface area contributed by atoms with Crippen LogP contribution >= 0.6 is 11.8 Å². The first kappa shape index (κ1) is 14.6. The number of rotatable bonds is 4. The summed E-state index contributed by atoms with van der Waals surface area (Å²) in [5.41, 5.74) is -0.748. The van der Waals surface area contributed by atoms with Gasteiger partial charge in [-0.1, -0.05) is 0 Å². The molecule has 8 heteroatoms. The lowest BCUT2D eigenvalue weighted by atomic mass is 10.2. The number of hydrogen-bond acceptors (Lipinski definition) is 5. The zero-order valence-corrected chi connectivity index (χ0v) is 11.3. The van der Waals surface area contributed by atoms with Gasteiger partial charge in [0, 0.05) is 18.9 Å². The third-order valence-electron chi connectivity index (χ3n) is 2.23. The lowest BCUT2D eigenvalue weighted by molar-refractivity contribution is -0.137. The minimum Gasteiger partial charge on any atom is -0.370 e. The van der Waals surface area contributed by atoms with Crippen LogP contribution in [0.3, 0.4) is 0 Å². The highest BCUT2D eigenvalue weighted by Crippen LogP contribution is 2.34. The second-order valence-corrected chi connectivity index (χ2v) is 4.73. The quantitative estimate of drug-likeness (QED) is 0.876. The van der Waals surface area contributed by atoms with Gasteiger partial charge in [0.25, 0.3) is 0 Å². The Hall–Kier alpha value is -1.83. The van der Waals surface area contributed by atoms with Crippen LogP contribution in [0.15, 0.2) is 40.8 Å². The molecule has 0 unspecified atom stereocenters. The summed E-state index contributed by atoms with van der Waals surface area (Å²) in [5.74, 6) is 0.181. The van der Waals surface area contributed by atoms with E-state index in [-0.39, 0.29) is 10.8 Å². The number of nitrogens with zero attached hydrogens (tertiary/aromatic N) is 3. The lowest BCUT2D eigenvalue weighted by Gasteiger charge is -2.11. The Kier molecular flexibility index (Phi) is 4.43. The van der Waals surface area contributed by atoms with Gasteiger partial charge in [0.05, 0.1) is 5.56 Å². The van der Waals surface area contributed by atoms with Crippen LogP contribution in [-0.4, -0.2) is 21.5 Å². The fraction of sp³-hybridized carbons (Fsp3) is 0.250. The Morgan fingerprint density at radius 1 is 1.20 bits per heavy atom. The molecule has 0 fully saturated rings. The van der Waals surface area contributed by atoms with Gasteiger partial charge in [0.15, 0.2) is 5.16 Å². The van der Waals surface area contributed by atoms with Crippen LogP contribution in [0.25, 0.3) is 0 Å². The molecule has 0 saturated carbocycles. The summed E-state index contributed by atoms with van der Waals surface area (Å²) >= 11 is 0.985. The van der Waals surface area contributed by atoms with Crippen LogP contribution in [0.1, 0.15) is 12.5 Å². The summed E-state index contributed by atoms with van der Waals surface area (Å²) in [6.45, 7) is 2.27. The molecule has 2 aromatic rings. The summed E-state index contributed by atoms with van der Waals surface area (Å²) in [6.07, 6.45) is -1.37. The highest BCUT2D eigenvalue weighted by Gasteiger charge is 2.31. The molecule has 0 aliphatic carbocycles. The molecule has 106 valence electrons. The van der Waals surface area contributed by atoms with E-state index in [0.29, 0.717) is 11.7 Å². The molecule has 0 spiro atoms. The number of anilines is 1. The van der Waals surface area contributed by atoms with Gasteiger partial charge in [-0.3, -0.25) is 0 Å². The number of alkyl halides is 3. The fourth-order valence-corrected chi connectivity index (χ4v) is 2.17. The zero-order chi connectivity index (χ0) is 14.6. The predicted molar refractivity (Wildman–Crippen MR) is 69.6 cm³/mol. The minimum absolute atomic E-state index is 0.181. The molecule has 1 N–H and O–H groups in total. The van der Waals surface area contributed by atoms with E-state index in [2.05, 4.69) is 20.3 Å². The zero-order valence-electron chi connectivity index (χ0n) is 10.5. The van der Waals surface area contributed by atoms with Crippen molar-refractivity contribution in [1.29, 1.82) is 0 Å². The van der Waals surface area contributed by atoms with Crippen molar-refractivity contribution in [2.45, 2.75) is 23.3 Å². The highest BCUT2D eigenvalue weighted by molar-refractivity contribution is 7.99. The highest BCUT2D eigenvalue weighted by atomic mass is 32.2. The number of halogens is 3. The van der Waals surface area contributed by atoms with Crippen LogP contribution in [0.2, 0.25) is 0 Å². The van der Waals surface area contributed by atoms with Gasteiger partial charge in [-0.2, -0.15) is 13.2 Å². The molecule has 2 heterocycles. The average Bonchev–Trinajstić information content (AvgIpc) is 2.39. The van der Waals surface area contributed by atoms with Crippen LogP contribution in [0.5, 0.6) is 0 Å². The summed E-state index contributed by atoms with van der Waals surface area (Å²) in [4.78, 5) is 12.0. The van der Waals surface area contributed by atoms with Gasteiger partial charge in [-0.05, 0) is 36.9 Å². The summed E-state index contributed by atoms with van der Waals surface area (Å²) in [5, 5.41) is 3.33. The second kappa shape index (κ2) is 6.08. The monoisotopic (exact) mass is 300 g/mol. The van der Waals surface area contributed by atoms with Crippen molar-refractivity contribution in [2.75, 3.05) is 11.9 Å². The van der Waals surface area contributed by atoms with Crippen LogP contribution in [0.4, 0.5) is 19.0 Å². The Bertz CT molecular complexity index is 575. The SMILES string of the molecule is CCNc1cc(C(F)(F)F)cc(Sc2ncccn2)n1. The second-order valence-electron chi connectivity index (χ2n) is 3.74. The molecule has 2 rings (SSSR count). The molecule has 0 bridgehead atoms. The van der Waals surface area contributed by atoms with Crippen molar-refractivity contribution >= 4 is 17.6 Å². The molecule has 0 aliphatic rings. The lowest BCUT2D eigenvalue weighted by Crippen LogP contribution is -2.08. The largest absolute Gasteiger partial charge is 0.416 e. The Labute approximate surface area is 117 Å². The van der Waals surface area contributed by atoms with E-state index in [9.17, 15) is 13.2 Å². The molecule has 0 aromatic carbocycles. The molecule has 2 aromatic heterocycles. The number of aromatic nitrogens is 3. The summed E-state index contributed by atoms with van der Waals surface area (Å²) in [7, 11) is 0. The third-order valence-corrected chi connectivity index (χ3v) is 3.04. The van der Waals surface area contributed by atoms with Gasteiger partial charge < -0.3 is 5.32 Å². The molecule has 0 saturated heterocycles. The van der Waals surface area contributed by atoms with E-state index in [1.54, 1.807) is 13.0 Å². The van der Waals surface area contributed by atoms with Gasteiger partial charge in [-0.25, -0.2) is 15.0 Å². The Morgan fingerprint density at radius 2 is 1.90 bits per heavy atom. The number of hydrogen-bond donors (Lipinski definition) is 1. The van der Waals surface area contributed by atoms with E-state index in [1.165, 1.54) is 12.4 Å². The van der Waals surface area contributed by atoms with E-state index in [4.69, 9.17) is 0 Å². The molecular formula is C12H11F3N4S. The van der Waals surface area contributed by atoms with Gasteiger partial charge in [-0.15, -0.1) is 0 Å². The summed E-state index contributed by atoms with van der Waals surface area (Å²) < 4.78 is 38.5. The van der Waals surface area contributed by atoms with Crippen molar-refractivity contribution in [3.05, 3.63) is 36.2 Å². The van der Waals surface area contributed by atoms with Crippen molar-refractivity contribution in [3.63, 3.8) is 0 Å². The molecule has 4 nitrogen and oxygen atoms in total. The van der Waals surface area contributed by atoms with Gasteiger partial charge >= 0.3 is 6.18 Å². The van der Waals surface area contributed by atoms with Crippen molar-refractivity contribution in [3.8, 4) is 0 Å². The van der Waals surface area contributed by atoms with Crippen LogP contribution in [-0.2, 0) is 6.18 Å². The smallest absolute Gasteiger partial charge is 0.370 e. The Morgan fingerprint density at radius 3 is 2.50 bits per heavy atom. The first-order chi connectivity index (χ1) is 9.49. The van der Waals surface area contributed by atoms with Crippen molar-refractivity contribution < 1.29 is 13.2 Å². The summed E-state index contributed by atoms with van der Waals surface area (Å²) in [6, 6.07) is 3.61. The van der Waals surface area contributed by atoms with Crippen LogP contribution in [0, 0.1) is 0 Å². The topological polar surface area (TPSA) is 50.7 Å². The van der Waals surface area contributed by atoms with Gasteiger partial charge in [0.2, 0.25) is 0 Å². The van der Waals surface area contributed by atoms with E-state index in [1.807, 2.05) is 0 Å². The maximum atomic E-state index is 12.8. The van der Waals surface area contributed by atoms with E-state index >= 15 is 0 Å². The fourth-order valence-electron chi connectivity index (χ4n) is 1.42. The van der Waals surface area contributed by atoms with Crippen molar-refractivity contribution in [1.82, 2.24) is 15.0 Å². The molecule has 20 heavy (non-hydrogen) atoms. The minimum atomic E-state index is -4.42. The van der Waals surface area contributed by atoms with E-state index in [0.717, 1.165) is 23.9 Å². The standard InChI is InChI=1S/C12H11F3N4S/c1-2-16-9-6-8(12(13,14)15)7-10(19-9)20-11-17-4-3-5-18-11/h3-7H,2H2,1H3,(H,16,19). The predicted octanol–water partition coefficient (Wildman–Crippen LogP) is 3.47. The van der Waals surface area contributed by atoms with E-state index < -0.39 is 11.7 Å². The molecule has 0 amide bonds. The number of nitrogens with one attached hydrogen (secondary N) is 1. The molecular weight excluding hydrogens is 289 g/mol. The van der Waals surface area contributed by atoms with Crippen LogP contribution < -0.4 is 5.32 Å².